The molecule has 172 valence electrons. The van der Waals surface area contributed by atoms with Gasteiger partial charge >= 0.3 is 29.6 Å². The van der Waals surface area contributed by atoms with E-state index in [0.29, 0.717) is 13.0 Å². The van der Waals surface area contributed by atoms with Gasteiger partial charge in [-0.15, -0.1) is 0 Å². The van der Waals surface area contributed by atoms with Gasteiger partial charge in [0.05, 0.1) is 6.54 Å². The Labute approximate surface area is 224 Å². The molecule has 5 nitrogen and oxygen atoms in total. The smallest absolute Gasteiger partial charge is 0.550 e. The summed E-state index contributed by atoms with van der Waals surface area (Å²) in [6.07, 6.45) is 2.78. The van der Waals surface area contributed by atoms with Crippen LogP contribution in [0.25, 0.3) is 0 Å². The fraction of sp³-hybridized carbons (Fsp3) is 0.321. The third-order valence-electron chi connectivity index (χ3n) is 6.24. The van der Waals surface area contributed by atoms with E-state index in [-0.39, 0.29) is 36.0 Å². The van der Waals surface area contributed by atoms with Crippen LogP contribution in [-0.2, 0) is 24.2 Å². The van der Waals surface area contributed by atoms with E-state index in [0.717, 1.165) is 55.0 Å². The van der Waals surface area contributed by atoms with Crippen molar-refractivity contribution in [1.82, 2.24) is 0 Å². The summed E-state index contributed by atoms with van der Waals surface area (Å²) in [4.78, 5) is 13.2. The molecule has 1 N–H and O–H groups in total. The van der Waals surface area contributed by atoms with Crippen LogP contribution in [0.4, 0.5) is 11.4 Å². The number of fused-ring (bicyclic) bond motifs is 1. The van der Waals surface area contributed by atoms with Crippen LogP contribution in [0.2, 0.25) is 0 Å². The first-order chi connectivity index (χ1) is 16.1. The summed E-state index contributed by atoms with van der Waals surface area (Å²) in [5, 5.41) is 14.3. The van der Waals surface area contributed by atoms with Crippen molar-refractivity contribution in [2.45, 2.75) is 39.2 Å². The molecule has 3 aromatic carbocycles. The van der Waals surface area contributed by atoms with E-state index >= 15 is 0 Å². The first kappa shape index (κ1) is 26.1. The van der Waals surface area contributed by atoms with Crippen LogP contribution in [0.15, 0.2) is 66.7 Å². The Bertz CT molecular complexity index is 1090. The van der Waals surface area contributed by atoms with Crippen molar-refractivity contribution >= 4 is 17.3 Å². The van der Waals surface area contributed by atoms with Crippen LogP contribution in [0.1, 0.15) is 35.1 Å². The number of hydrogen-bond donors (Lipinski definition) is 1. The third-order valence-corrected chi connectivity index (χ3v) is 6.24. The molecule has 0 unspecified atom stereocenters. The number of ether oxygens (including phenoxy) is 1. The van der Waals surface area contributed by atoms with Gasteiger partial charge in [0.1, 0.15) is 12.4 Å². The number of para-hydroxylation sites is 1. The first-order valence-corrected chi connectivity index (χ1v) is 11.7. The molecule has 0 fully saturated rings. The Morgan fingerprint density at radius 3 is 2.65 bits per heavy atom. The number of rotatable bonds is 10. The molecule has 1 aliphatic rings. The van der Waals surface area contributed by atoms with Crippen LogP contribution < -0.4 is 49.6 Å². The normalized spacial score (nSPS) is 12.4. The van der Waals surface area contributed by atoms with Crippen LogP contribution in [0, 0.1) is 6.92 Å². The monoisotopic (exact) mass is 466 g/mol. The Hall–Kier alpha value is -2.47. The molecule has 6 heteroatoms. The molecule has 34 heavy (non-hydrogen) atoms. The SMILES string of the molecule is Cc1cc(NCc2cccc3c2CCCN3CCOc2ccccc2)ccc1CCC(=O)[O-].[Na+]. The van der Waals surface area contributed by atoms with E-state index < -0.39 is 5.97 Å². The summed E-state index contributed by atoms with van der Waals surface area (Å²) < 4.78 is 5.92. The van der Waals surface area contributed by atoms with Gasteiger partial charge in [-0.2, -0.15) is 0 Å². The molecule has 0 saturated heterocycles. The van der Waals surface area contributed by atoms with Crippen molar-refractivity contribution in [2.24, 2.45) is 0 Å². The molecule has 0 aromatic heterocycles. The number of anilines is 2. The van der Waals surface area contributed by atoms with Crippen LogP contribution in [-0.4, -0.2) is 25.7 Å². The zero-order chi connectivity index (χ0) is 23.0. The van der Waals surface area contributed by atoms with Crippen LogP contribution >= 0.6 is 0 Å². The summed E-state index contributed by atoms with van der Waals surface area (Å²) in [5.74, 6) is -0.0975. The maximum absolute atomic E-state index is 10.7. The molecule has 0 saturated carbocycles. The summed E-state index contributed by atoms with van der Waals surface area (Å²) >= 11 is 0. The number of nitrogens with zero attached hydrogens (tertiary/aromatic N) is 1. The van der Waals surface area contributed by atoms with Gasteiger partial charge in [0.15, 0.2) is 0 Å². The van der Waals surface area contributed by atoms with Crippen molar-refractivity contribution < 1.29 is 44.2 Å². The Balaban J connectivity index is 0.00000324. The van der Waals surface area contributed by atoms with E-state index in [1.165, 1.54) is 16.8 Å². The number of benzene rings is 3. The molecule has 0 radical (unpaired) electrons. The number of carboxylic acids is 1. The average molecular weight is 467 g/mol. The van der Waals surface area contributed by atoms with Gasteiger partial charge in [0.25, 0.3) is 0 Å². The summed E-state index contributed by atoms with van der Waals surface area (Å²) in [7, 11) is 0. The molecule has 0 aliphatic carbocycles. The van der Waals surface area contributed by atoms with Gasteiger partial charge in [-0.1, -0.05) is 36.4 Å². The first-order valence-electron chi connectivity index (χ1n) is 11.7. The van der Waals surface area contributed by atoms with Gasteiger partial charge in [-0.25, -0.2) is 0 Å². The van der Waals surface area contributed by atoms with E-state index in [9.17, 15) is 9.90 Å². The summed E-state index contributed by atoms with van der Waals surface area (Å²) in [6, 6.07) is 22.7. The van der Waals surface area contributed by atoms with E-state index in [1.54, 1.807) is 0 Å². The molecule has 0 spiro atoms. The topological polar surface area (TPSA) is 64.6 Å². The Kier molecular flexibility index (Phi) is 9.87. The van der Waals surface area contributed by atoms with Crippen molar-refractivity contribution in [3.8, 4) is 5.75 Å². The number of hydrogen-bond acceptors (Lipinski definition) is 5. The third kappa shape index (κ3) is 7.02. The number of nitrogens with one attached hydrogen (secondary N) is 1. The van der Waals surface area contributed by atoms with Crippen molar-refractivity contribution in [3.05, 3.63) is 89.0 Å². The number of carboxylic acid groups (broad SMARTS) is 1. The van der Waals surface area contributed by atoms with Gasteiger partial charge in [-0.05, 0) is 85.2 Å². The minimum Gasteiger partial charge on any atom is -0.550 e. The van der Waals surface area contributed by atoms with Gasteiger partial charge < -0.3 is 24.9 Å². The molecule has 1 aliphatic heterocycles. The molecule has 0 bridgehead atoms. The van der Waals surface area contributed by atoms with Crippen LogP contribution in [0.5, 0.6) is 5.75 Å². The van der Waals surface area contributed by atoms with Gasteiger partial charge in [-0.3, -0.25) is 0 Å². The fourth-order valence-electron chi connectivity index (χ4n) is 4.48. The van der Waals surface area contributed by atoms with E-state index in [2.05, 4.69) is 34.5 Å². The summed E-state index contributed by atoms with van der Waals surface area (Å²) in [5.41, 5.74) is 7.24. The van der Waals surface area contributed by atoms with Crippen molar-refractivity contribution in [1.29, 1.82) is 0 Å². The van der Waals surface area contributed by atoms with E-state index in [1.807, 2.05) is 49.4 Å². The maximum Gasteiger partial charge on any atom is 1.00 e. The molecule has 0 atom stereocenters. The largest absolute Gasteiger partial charge is 1.00 e. The van der Waals surface area contributed by atoms with Gasteiger partial charge in [0.2, 0.25) is 0 Å². The Morgan fingerprint density at radius 1 is 1.06 bits per heavy atom. The predicted molar refractivity (Wildman–Crippen MR) is 131 cm³/mol. The number of aliphatic carboxylic acids is 1. The standard InChI is InChI=1S/C28H32N2O3.Na/c1-21-19-24(14-12-22(21)13-15-28(31)32)29-20-23-7-5-11-27-26(23)10-6-16-30(27)17-18-33-25-8-3-2-4-9-25;/h2-5,7-9,11-12,14,19,29H,6,10,13,15-18,20H2,1H3,(H,31,32);/q;+1/p-1. The number of aryl methyl sites for hydroxylation is 2. The average Bonchev–Trinajstić information content (AvgIpc) is 2.83. The molecule has 1 heterocycles. The molecular weight excluding hydrogens is 435 g/mol. The van der Waals surface area contributed by atoms with E-state index in [4.69, 9.17) is 4.74 Å². The molecule has 3 aromatic rings. The zero-order valence-electron chi connectivity index (χ0n) is 20.2. The van der Waals surface area contributed by atoms with Crippen molar-refractivity contribution in [2.75, 3.05) is 29.9 Å². The zero-order valence-corrected chi connectivity index (χ0v) is 22.2. The molecule has 0 amide bonds. The predicted octanol–water partition coefficient (Wildman–Crippen LogP) is 1.13. The molecular formula is C28H31N2NaO3. The minimum absolute atomic E-state index is 0. The second-order valence-electron chi connectivity index (χ2n) is 8.53. The number of carbonyl (C=O) groups is 1. The molecule has 4 rings (SSSR count). The van der Waals surface area contributed by atoms with Gasteiger partial charge in [0, 0.05) is 30.4 Å². The Morgan fingerprint density at radius 2 is 1.88 bits per heavy atom. The second kappa shape index (κ2) is 12.8. The quantitative estimate of drug-likeness (QED) is 0.454. The second-order valence-corrected chi connectivity index (χ2v) is 8.53. The van der Waals surface area contributed by atoms with Crippen LogP contribution in [0.3, 0.4) is 0 Å². The number of carbonyl (C=O) groups excluding carboxylic acids is 1. The maximum atomic E-state index is 10.7. The fourth-order valence-corrected chi connectivity index (χ4v) is 4.48. The minimum atomic E-state index is -1.01. The van der Waals surface area contributed by atoms with Crippen molar-refractivity contribution in [3.63, 3.8) is 0 Å². The summed E-state index contributed by atoms with van der Waals surface area (Å²) in [6.45, 7) is 5.36.